The number of hydrogen-bond acceptors (Lipinski definition) is 4. The fourth-order valence-electron chi connectivity index (χ4n) is 3.62. The molecule has 0 aromatic heterocycles. The molecule has 150 valence electrons. The van der Waals surface area contributed by atoms with Crippen LogP contribution in [0.3, 0.4) is 0 Å². The van der Waals surface area contributed by atoms with Gasteiger partial charge >= 0.3 is 0 Å². The van der Waals surface area contributed by atoms with Crippen molar-refractivity contribution in [1.82, 2.24) is 4.90 Å². The van der Waals surface area contributed by atoms with Crippen LogP contribution in [0, 0.1) is 0 Å². The molecule has 0 saturated carbocycles. The van der Waals surface area contributed by atoms with Crippen molar-refractivity contribution in [2.75, 3.05) is 42.9 Å². The lowest BCUT2D eigenvalue weighted by molar-refractivity contribution is 0.154. The van der Waals surface area contributed by atoms with Gasteiger partial charge in [0.25, 0.3) is 0 Å². The van der Waals surface area contributed by atoms with Gasteiger partial charge < -0.3 is 15.3 Å². The Hall–Kier alpha value is -1.95. The first-order valence-corrected chi connectivity index (χ1v) is 10.7. The Morgan fingerprint density at radius 2 is 1.82 bits per heavy atom. The van der Waals surface area contributed by atoms with Crippen molar-refractivity contribution >= 4 is 28.6 Å². The number of hydrogen-bond donors (Lipinski definition) is 2. The largest absolute Gasteiger partial charge is 0.388 e. The molecule has 3 rings (SSSR count). The summed E-state index contributed by atoms with van der Waals surface area (Å²) in [5, 5.41) is 13.8. The lowest BCUT2D eigenvalue weighted by Crippen LogP contribution is -2.46. The Balaban J connectivity index is 1.41. The molecule has 1 saturated heterocycles. The summed E-state index contributed by atoms with van der Waals surface area (Å²) in [7, 11) is 0. The number of anilines is 2. The van der Waals surface area contributed by atoms with E-state index in [1.165, 1.54) is 5.69 Å². The fourth-order valence-corrected chi connectivity index (χ4v) is 3.73. The van der Waals surface area contributed by atoms with Crippen LogP contribution >= 0.6 is 12.2 Å². The minimum Gasteiger partial charge on any atom is -0.388 e. The van der Waals surface area contributed by atoms with Crippen LogP contribution in [0.5, 0.6) is 0 Å². The molecule has 1 heterocycles. The summed E-state index contributed by atoms with van der Waals surface area (Å²) in [5.74, 6) is 0. The number of para-hydroxylation sites is 1. The average molecular weight is 398 g/mol. The topological polar surface area (TPSA) is 38.7 Å². The van der Waals surface area contributed by atoms with Gasteiger partial charge in [0.05, 0.1) is 11.1 Å². The number of thiocarbonyl (C=S) groups is 1. The van der Waals surface area contributed by atoms with Crippen molar-refractivity contribution in [3.8, 4) is 0 Å². The molecule has 1 unspecified atom stereocenters. The van der Waals surface area contributed by atoms with Crippen LogP contribution < -0.4 is 10.2 Å². The molecular formula is C23H31N3OS. The van der Waals surface area contributed by atoms with E-state index in [0.717, 1.165) is 68.2 Å². The van der Waals surface area contributed by atoms with Gasteiger partial charge in [-0.05, 0) is 55.6 Å². The third kappa shape index (κ3) is 6.03. The first-order chi connectivity index (χ1) is 13.7. The predicted molar refractivity (Wildman–Crippen MR) is 122 cm³/mol. The lowest BCUT2D eigenvalue weighted by atomic mass is 10.0. The van der Waals surface area contributed by atoms with Crippen LogP contribution in [0.1, 0.15) is 37.9 Å². The molecule has 2 aromatic rings. The summed E-state index contributed by atoms with van der Waals surface area (Å²) in [4.78, 5) is 5.77. The Morgan fingerprint density at radius 3 is 2.54 bits per heavy atom. The highest BCUT2D eigenvalue weighted by Crippen LogP contribution is 2.22. The maximum atomic E-state index is 10.6. The van der Waals surface area contributed by atoms with Gasteiger partial charge in [0.15, 0.2) is 0 Å². The standard InChI is InChI=1S/C23H31N3OS/c1-2-23(28)24-20-9-6-8-19(18-20)22(27)12-7-13-25-14-16-26(17-15-25)21-10-4-3-5-11-21/h3-6,8-11,18,22,27H,2,7,12-17H2,1H3,(H,24,28). The molecule has 1 fully saturated rings. The molecule has 4 nitrogen and oxygen atoms in total. The molecule has 5 heteroatoms. The smallest absolute Gasteiger partial charge is 0.0794 e. The summed E-state index contributed by atoms with van der Waals surface area (Å²) in [5.41, 5.74) is 3.23. The molecular weight excluding hydrogens is 366 g/mol. The van der Waals surface area contributed by atoms with E-state index in [-0.39, 0.29) is 0 Å². The Morgan fingerprint density at radius 1 is 1.07 bits per heavy atom. The lowest BCUT2D eigenvalue weighted by Gasteiger charge is -2.36. The molecule has 1 atom stereocenters. The van der Waals surface area contributed by atoms with Crippen LogP contribution in [-0.2, 0) is 0 Å². The van der Waals surface area contributed by atoms with Crippen LogP contribution in [0.2, 0.25) is 0 Å². The van der Waals surface area contributed by atoms with Crippen molar-refractivity contribution in [1.29, 1.82) is 0 Å². The van der Waals surface area contributed by atoms with E-state index >= 15 is 0 Å². The number of nitrogens with zero attached hydrogens (tertiary/aromatic N) is 2. The molecule has 2 aromatic carbocycles. The molecule has 0 radical (unpaired) electrons. The second-order valence-corrected chi connectivity index (χ2v) is 7.84. The summed E-state index contributed by atoms with van der Waals surface area (Å²) in [6.45, 7) is 7.37. The number of rotatable bonds is 8. The van der Waals surface area contributed by atoms with Crippen LogP contribution in [0.4, 0.5) is 11.4 Å². The van der Waals surface area contributed by atoms with Crippen molar-refractivity contribution in [3.63, 3.8) is 0 Å². The number of nitrogens with one attached hydrogen (secondary N) is 1. The van der Waals surface area contributed by atoms with Crippen LogP contribution in [0.25, 0.3) is 0 Å². The maximum absolute atomic E-state index is 10.6. The Bertz CT molecular complexity index is 745. The predicted octanol–water partition coefficient (Wildman–Crippen LogP) is 4.47. The molecule has 0 spiro atoms. The quantitative estimate of drug-likeness (QED) is 0.643. The van der Waals surface area contributed by atoms with Gasteiger partial charge in [-0.1, -0.05) is 49.5 Å². The third-order valence-electron chi connectivity index (χ3n) is 5.32. The Kier molecular flexibility index (Phi) is 7.83. The van der Waals surface area contributed by atoms with Gasteiger partial charge in [0.1, 0.15) is 0 Å². The number of aliphatic hydroxyl groups is 1. The van der Waals surface area contributed by atoms with Gasteiger partial charge in [-0.2, -0.15) is 0 Å². The minimum absolute atomic E-state index is 0.428. The highest BCUT2D eigenvalue weighted by atomic mass is 32.1. The second-order valence-electron chi connectivity index (χ2n) is 7.35. The van der Waals surface area contributed by atoms with Crippen LogP contribution in [0.15, 0.2) is 54.6 Å². The van der Waals surface area contributed by atoms with Gasteiger partial charge in [0.2, 0.25) is 0 Å². The van der Waals surface area contributed by atoms with Crippen LogP contribution in [-0.4, -0.2) is 47.7 Å². The minimum atomic E-state index is -0.428. The third-order valence-corrected chi connectivity index (χ3v) is 5.71. The summed E-state index contributed by atoms with van der Waals surface area (Å²) in [6, 6.07) is 18.6. The summed E-state index contributed by atoms with van der Waals surface area (Å²) >= 11 is 5.25. The molecule has 0 amide bonds. The highest BCUT2D eigenvalue weighted by molar-refractivity contribution is 7.80. The molecule has 0 bridgehead atoms. The second kappa shape index (κ2) is 10.6. The SMILES string of the molecule is CCC(=S)Nc1cccc(C(O)CCCN2CCN(c3ccccc3)CC2)c1. The van der Waals surface area contributed by atoms with Gasteiger partial charge in [-0.15, -0.1) is 0 Å². The van der Waals surface area contributed by atoms with Crippen molar-refractivity contribution in [2.24, 2.45) is 0 Å². The van der Waals surface area contributed by atoms with E-state index in [4.69, 9.17) is 12.2 Å². The monoisotopic (exact) mass is 397 g/mol. The van der Waals surface area contributed by atoms with E-state index in [1.807, 2.05) is 31.2 Å². The van der Waals surface area contributed by atoms with Crippen molar-refractivity contribution in [3.05, 3.63) is 60.2 Å². The number of benzene rings is 2. The van der Waals surface area contributed by atoms with Gasteiger partial charge in [0, 0.05) is 37.6 Å². The fraction of sp³-hybridized carbons (Fsp3) is 0.435. The zero-order valence-corrected chi connectivity index (χ0v) is 17.5. The van der Waals surface area contributed by atoms with Crippen molar-refractivity contribution in [2.45, 2.75) is 32.3 Å². The Labute approximate surface area is 174 Å². The maximum Gasteiger partial charge on any atom is 0.0794 e. The average Bonchev–Trinajstić information content (AvgIpc) is 2.75. The van der Waals surface area contributed by atoms with E-state index in [0.29, 0.717) is 0 Å². The van der Waals surface area contributed by atoms with Gasteiger partial charge in [-0.25, -0.2) is 0 Å². The van der Waals surface area contributed by atoms with E-state index in [2.05, 4.69) is 45.4 Å². The molecule has 0 aliphatic carbocycles. The summed E-state index contributed by atoms with van der Waals surface area (Å²) < 4.78 is 0. The highest BCUT2D eigenvalue weighted by Gasteiger charge is 2.17. The van der Waals surface area contributed by atoms with E-state index in [1.54, 1.807) is 0 Å². The molecule has 28 heavy (non-hydrogen) atoms. The van der Waals surface area contributed by atoms with E-state index < -0.39 is 6.10 Å². The zero-order chi connectivity index (χ0) is 19.8. The number of piperazine rings is 1. The molecule has 2 N–H and O–H groups in total. The molecule has 1 aliphatic heterocycles. The van der Waals surface area contributed by atoms with Crippen molar-refractivity contribution < 1.29 is 5.11 Å². The summed E-state index contributed by atoms with van der Waals surface area (Å²) in [6.07, 6.45) is 2.17. The zero-order valence-electron chi connectivity index (χ0n) is 16.7. The number of aliphatic hydroxyl groups excluding tert-OH is 1. The first kappa shape index (κ1) is 20.8. The first-order valence-electron chi connectivity index (χ1n) is 10.3. The van der Waals surface area contributed by atoms with E-state index in [9.17, 15) is 5.11 Å². The van der Waals surface area contributed by atoms with Gasteiger partial charge in [-0.3, -0.25) is 4.90 Å². The normalized spacial score (nSPS) is 16.0. The molecule has 1 aliphatic rings.